The van der Waals surface area contributed by atoms with Crippen molar-refractivity contribution < 1.29 is 0 Å². The summed E-state index contributed by atoms with van der Waals surface area (Å²) in [6.07, 6.45) is 0. The lowest BCUT2D eigenvalue weighted by Gasteiger charge is -2.27. The minimum Gasteiger partial charge on any atom is -0.312 e. The van der Waals surface area contributed by atoms with Gasteiger partial charge in [0.25, 0.3) is 5.56 Å². The number of hydrogen-bond donors (Lipinski definition) is 1. The normalized spacial score (nSPS) is 17.4. The summed E-state index contributed by atoms with van der Waals surface area (Å²) in [5.41, 5.74) is -0.0918. The van der Waals surface area contributed by atoms with Crippen LogP contribution in [-0.4, -0.2) is 22.9 Å². The lowest BCUT2D eigenvalue weighted by Crippen LogP contribution is -2.47. The molecule has 1 aliphatic rings. The molecule has 1 saturated heterocycles. The first-order valence-corrected chi connectivity index (χ1v) is 4.11. The van der Waals surface area contributed by atoms with Crippen molar-refractivity contribution in [2.45, 2.75) is 6.04 Å². The van der Waals surface area contributed by atoms with Crippen LogP contribution in [0.25, 0.3) is 0 Å². The highest BCUT2D eigenvalue weighted by Crippen LogP contribution is 2.08. The maximum atomic E-state index is 11.2. The molecule has 64 valence electrons. The highest BCUT2D eigenvalue weighted by atomic mass is 35.5. The zero-order valence-corrected chi connectivity index (χ0v) is 7.08. The van der Waals surface area contributed by atoms with Gasteiger partial charge in [-0.2, -0.15) is 5.10 Å². The second kappa shape index (κ2) is 2.88. The molecule has 1 N–H and O–H groups in total. The Morgan fingerprint density at radius 1 is 1.58 bits per heavy atom. The number of hydrogen-bond acceptors (Lipinski definition) is 3. The number of rotatable bonds is 1. The molecule has 1 aliphatic heterocycles. The van der Waals surface area contributed by atoms with Crippen molar-refractivity contribution in [2.24, 2.45) is 0 Å². The first-order chi connectivity index (χ1) is 5.77. The Morgan fingerprint density at radius 2 is 2.33 bits per heavy atom. The molecule has 0 unspecified atom stereocenters. The molecule has 0 aromatic carbocycles. The van der Waals surface area contributed by atoms with E-state index in [-0.39, 0.29) is 11.6 Å². The van der Waals surface area contributed by atoms with Crippen molar-refractivity contribution in [3.05, 3.63) is 27.6 Å². The van der Waals surface area contributed by atoms with Crippen LogP contribution < -0.4 is 10.9 Å². The molecule has 0 aliphatic carbocycles. The molecule has 1 aromatic rings. The van der Waals surface area contributed by atoms with Gasteiger partial charge in [-0.1, -0.05) is 11.6 Å². The fourth-order valence-corrected chi connectivity index (χ4v) is 1.25. The molecular weight excluding hydrogens is 178 g/mol. The molecule has 0 bridgehead atoms. The van der Waals surface area contributed by atoms with Crippen LogP contribution in [-0.2, 0) is 0 Å². The van der Waals surface area contributed by atoms with E-state index in [1.807, 2.05) is 0 Å². The summed E-state index contributed by atoms with van der Waals surface area (Å²) in [6.45, 7) is 1.60. The first kappa shape index (κ1) is 7.76. The Balaban J connectivity index is 2.40. The van der Waals surface area contributed by atoms with Crippen LogP contribution in [0.5, 0.6) is 0 Å². The molecule has 4 nitrogen and oxygen atoms in total. The summed E-state index contributed by atoms with van der Waals surface area (Å²) in [7, 11) is 0. The highest BCUT2D eigenvalue weighted by molar-refractivity contribution is 6.29. The van der Waals surface area contributed by atoms with Gasteiger partial charge in [-0.3, -0.25) is 4.79 Å². The van der Waals surface area contributed by atoms with E-state index < -0.39 is 0 Å². The summed E-state index contributed by atoms with van der Waals surface area (Å²) >= 11 is 5.65. The molecule has 2 rings (SSSR count). The van der Waals surface area contributed by atoms with Crippen molar-refractivity contribution in [2.75, 3.05) is 13.1 Å². The lowest BCUT2D eigenvalue weighted by molar-refractivity contribution is 0.307. The minimum absolute atomic E-state index is 0.0918. The van der Waals surface area contributed by atoms with Crippen molar-refractivity contribution in [3.63, 3.8) is 0 Å². The van der Waals surface area contributed by atoms with Gasteiger partial charge in [0.15, 0.2) is 0 Å². The second-order valence-corrected chi connectivity index (χ2v) is 3.14. The van der Waals surface area contributed by atoms with Crippen LogP contribution in [0, 0.1) is 0 Å². The third kappa shape index (κ3) is 1.23. The maximum absolute atomic E-state index is 11.2. The smallest absolute Gasteiger partial charge is 0.267 e. The Hall–Kier alpha value is -0.870. The third-order valence-electron chi connectivity index (χ3n) is 1.90. The molecule has 0 atom stereocenters. The largest absolute Gasteiger partial charge is 0.312 e. The van der Waals surface area contributed by atoms with Gasteiger partial charge in [-0.15, -0.1) is 0 Å². The Morgan fingerprint density at radius 3 is 2.92 bits per heavy atom. The molecule has 0 radical (unpaired) electrons. The Labute approximate surface area is 74.2 Å². The second-order valence-electron chi connectivity index (χ2n) is 2.75. The van der Waals surface area contributed by atoms with Crippen LogP contribution >= 0.6 is 11.6 Å². The number of halogens is 1. The molecule has 1 fully saturated rings. The van der Waals surface area contributed by atoms with Gasteiger partial charge in [-0.25, -0.2) is 4.68 Å². The summed E-state index contributed by atoms with van der Waals surface area (Å²) in [6, 6.07) is 3.12. The van der Waals surface area contributed by atoms with Gasteiger partial charge in [0, 0.05) is 19.2 Å². The lowest BCUT2D eigenvalue weighted by atomic mass is 10.2. The van der Waals surface area contributed by atoms with Crippen molar-refractivity contribution in [1.82, 2.24) is 15.1 Å². The number of aromatic nitrogens is 2. The predicted molar refractivity (Wildman–Crippen MR) is 45.4 cm³/mol. The van der Waals surface area contributed by atoms with E-state index in [1.165, 1.54) is 16.8 Å². The SMILES string of the molecule is O=c1ccc(Cl)nn1C1CNC1. The number of nitrogens with one attached hydrogen (secondary N) is 1. The predicted octanol–water partition coefficient (Wildman–Crippen LogP) is 0.0410. The average Bonchev–Trinajstić information content (AvgIpc) is 1.93. The van der Waals surface area contributed by atoms with Gasteiger partial charge >= 0.3 is 0 Å². The van der Waals surface area contributed by atoms with Gasteiger partial charge in [-0.05, 0) is 6.07 Å². The van der Waals surface area contributed by atoms with Crippen LogP contribution in [0.1, 0.15) is 6.04 Å². The van der Waals surface area contributed by atoms with E-state index in [1.54, 1.807) is 0 Å². The fraction of sp³-hybridized carbons (Fsp3) is 0.429. The van der Waals surface area contributed by atoms with Gasteiger partial charge in [0.1, 0.15) is 5.15 Å². The maximum Gasteiger partial charge on any atom is 0.267 e. The van der Waals surface area contributed by atoms with E-state index in [2.05, 4.69) is 10.4 Å². The molecule has 1 aromatic heterocycles. The van der Waals surface area contributed by atoms with E-state index in [0.29, 0.717) is 5.15 Å². The molecule has 5 heteroatoms. The zero-order chi connectivity index (χ0) is 8.55. The topological polar surface area (TPSA) is 46.9 Å². The van der Waals surface area contributed by atoms with Crippen LogP contribution in [0.2, 0.25) is 5.15 Å². The summed E-state index contributed by atoms with van der Waals surface area (Å²) in [4.78, 5) is 11.2. The highest BCUT2D eigenvalue weighted by Gasteiger charge is 2.20. The summed E-state index contributed by atoms with van der Waals surface area (Å²) in [5.74, 6) is 0. The standard InChI is InChI=1S/C7H8ClN3O/c8-6-1-2-7(12)11(10-6)5-3-9-4-5/h1-2,5,9H,3-4H2. The quantitative estimate of drug-likeness (QED) is 0.672. The van der Waals surface area contributed by atoms with Crippen LogP contribution in [0.4, 0.5) is 0 Å². The first-order valence-electron chi connectivity index (χ1n) is 3.73. The Bertz CT molecular complexity index is 345. The van der Waals surface area contributed by atoms with E-state index in [4.69, 9.17) is 11.6 Å². The molecule has 0 spiro atoms. The molecule has 0 amide bonds. The minimum atomic E-state index is -0.0918. The van der Waals surface area contributed by atoms with Gasteiger partial charge in [0.05, 0.1) is 6.04 Å². The van der Waals surface area contributed by atoms with Crippen molar-refractivity contribution >= 4 is 11.6 Å². The third-order valence-corrected chi connectivity index (χ3v) is 2.10. The van der Waals surface area contributed by atoms with Crippen molar-refractivity contribution in [1.29, 1.82) is 0 Å². The summed E-state index contributed by atoms with van der Waals surface area (Å²) < 4.78 is 1.43. The van der Waals surface area contributed by atoms with Gasteiger partial charge < -0.3 is 5.32 Å². The van der Waals surface area contributed by atoms with Crippen LogP contribution in [0.3, 0.4) is 0 Å². The molecular formula is C7H8ClN3O. The monoisotopic (exact) mass is 185 g/mol. The van der Waals surface area contributed by atoms with Gasteiger partial charge in [0.2, 0.25) is 0 Å². The fourth-order valence-electron chi connectivity index (χ4n) is 1.11. The average molecular weight is 186 g/mol. The van der Waals surface area contributed by atoms with Crippen LogP contribution in [0.15, 0.2) is 16.9 Å². The van der Waals surface area contributed by atoms with E-state index >= 15 is 0 Å². The zero-order valence-electron chi connectivity index (χ0n) is 6.33. The number of nitrogens with zero attached hydrogens (tertiary/aromatic N) is 2. The molecule has 0 saturated carbocycles. The van der Waals surface area contributed by atoms with Crippen molar-refractivity contribution in [3.8, 4) is 0 Å². The van der Waals surface area contributed by atoms with E-state index in [0.717, 1.165) is 13.1 Å². The molecule has 2 heterocycles. The molecule has 12 heavy (non-hydrogen) atoms. The summed E-state index contributed by atoms with van der Waals surface area (Å²) in [5, 5.41) is 7.35. The Kier molecular flexibility index (Phi) is 1.86. The van der Waals surface area contributed by atoms with E-state index in [9.17, 15) is 4.79 Å².